The largest absolute Gasteiger partial charge is 0.330 e. The first kappa shape index (κ1) is 17.7. The van der Waals surface area contributed by atoms with Crippen molar-refractivity contribution < 1.29 is 9.59 Å². The number of nitrogens with zero attached hydrogens (tertiary/aromatic N) is 2. The molecule has 2 rings (SSSR count). The number of carbonyl (C=O) groups is 2. The highest BCUT2D eigenvalue weighted by Crippen LogP contribution is 2.28. The molecule has 1 saturated carbocycles. The van der Waals surface area contributed by atoms with Gasteiger partial charge in [0.15, 0.2) is 5.13 Å². The smallest absolute Gasteiger partial charge is 0.245 e. The summed E-state index contributed by atoms with van der Waals surface area (Å²) in [7, 11) is 0. The van der Waals surface area contributed by atoms with E-state index in [0.29, 0.717) is 24.0 Å². The predicted octanol–water partition coefficient (Wildman–Crippen LogP) is 3.38. The molecule has 1 aliphatic rings. The fraction of sp³-hybridized carbons (Fsp3) is 0.588. The van der Waals surface area contributed by atoms with Gasteiger partial charge in [-0.3, -0.25) is 9.59 Å². The highest BCUT2D eigenvalue weighted by Gasteiger charge is 2.20. The van der Waals surface area contributed by atoms with Gasteiger partial charge in [0.25, 0.3) is 0 Å². The summed E-state index contributed by atoms with van der Waals surface area (Å²) < 4.78 is 0. The number of hydrogen-bond acceptors (Lipinski definition) is 4. The van der Waals surface area contributed by atoms with Gasteiger partial charge in [0, 0.05) is 24.0 Å². The van der Waals surface area contributed by atoms with E-state index in [2.05, 4.69) is 16.9 Å². The molecular weight excluding hydrogens is 310 g/mol. The lowest BCUT2D eigenvalue weighted by atomic mass is 10.0. The van der Waals surface area contributed by atoms with Crippen molar-refractivity contribution in [1.29, 1.82) is 0 Å². The number of nitrogens with one attached hydrogen (secondary N) is 1. The Morgan fingerprint density at radius 2 is 2.22 bits per heavy atom. The lowest BCUT2D eigenvalue weighted by Gasteiger charge is -2.21. The summed E-state index contributed by atoms with van der Waals surface area (Å²) in [6.45, 7) is 6.06. The van der Waals surface area contributed by atoms with E-state index in [0.717, 1.165) is 11.3 Å². The van der Waals surface area contributed by atoms with Crippen molar-refractivity contribution in [1.82, 2.24) is 9.88 Å². The quantitative estimate of drug-likeness (QED) is 0.741. The Morgan fingerprint density at radius 1 is 1.48 bits per heavy atom. The maximum absolute atomic E-state index is 12.4. The van der Waals surface area contributed by atoms with Crippen molar-refractivity contribution in [2.24, 2.45) is 5.92 Å². The van der Waals surface area contributed by atoms with Gasteiger partial charge in [-0.1, -0.05) is 31.8 Å². The highest BCUT2D eigenvalue weighted by atomic mass is 32.1. The van der Waals surface area contributed by atoms with Crippen LogP contribution in [-0.2, 0) is 9.59 Å². The molecule has 2 amide bonds. The van der Waals surface area contributed by atoms with Gasteiger partial charge in [-0.25, -0.2) is 4.98 Å². The van der Waals surface area contributed by atoms with Crippen LogP contribution < -0.4 is 5.32 Å². The molecule has 0 atom stereocenters. The van der Waals surface area contributed by atoms with Crippen molar-refractivity contribution in [3.8, 4) is 0 Å². The zero-order chi connectivity index (χ0) is 16.7. The summed E-state index contributed by atoms with van der Waals surface area (Å²) in [4.78, 5) is 31.2. The van der Waals surface area contributed by atoms with E-state index < -0.39 is 0 Å². The second kappa shape index (κ2) is 8.82. The number of aromatic nitrogens is 1. The Balaban J connectivity index is 1.82. The van der Waals surface area contributed by atoms with Crippen molar-refractivity contribution in [2.45, 2.75) is 45.4 Å². The first-order valence-electron chi connectivity index (χ1n) is 8.19. The summed E-state index contributed by atoms with van der Waals surface area (Å²) in [6, 6.07) is 0. The van der Waals surface area contributed by atoms with Crippen molar-refractivity contribution in [3.05, 3.63) is 23.7 Å². The Labute approximate surface area is 141 Å². The maximum atomic E-state index is 12.4. The number of thiazole rings is 1. The van der Waals surface area contributed by atoms with Crippen LogP contribution in [0.3, 0.4) is 0 Å². The monoisotopic (exact) mass is 335 g/mol. The molecule has 0 saturated heterocycles. The molecule has 0 unspecified atom stereocenters. The molecule has 126 valence electrons. The molecule has 0 aromatic carbocycles. The summed E-state index contributed by atoms with van der Waals surface area (Å²) in [6.07, 6.45) is 9.86. The van der Waals surface area contributed by atoms with Crippen molar-refractivity contribution in [3.63, 3.8) is 0 Å². The molecule has 1 aromatic heterocycles. The molecule has 0 spiro atoms. The van der Waals surface area contributed by atoms with E-state index >= 15 is 0 Å². The summed E-state index contributed by atoms with van der Waals surface area (Å²) in [5, 5.41) is 3.32. The fourth-order valence-electron chi connectivity index (χ4n) is 2.94. The topological polar surface area (TPSA) is 62.3 Å². The van der Waals surface area contributed by atoms with Crippen molar-refractivity contribution >= 4 is 28.3 Å². The summed E-state index contributed by atoms with van der Waals surface area (Å²) >= 11 is 1.43. The maximum Gasteiger partial charge on any atom is 0.245 e. The van der Waals surface area contributed by atoms with Crippen LogP contribution >= 0.6 is 11.3 Å². The number of rotatable bonds is 8. The SMILES string of the molecule is C=CCN(CC(=O)Nc1ncc(C)s1)C(=O)CCC1CCCC1. The molecule has 1 heterocycles. The van der Waals surface area contributed by atoms with Crippen LogP contribution in [0.25, 0.3) is 0 Å². The number of amides is 2. The minimum Gasteiger partial charge on any atom is -0.330 e. The van der Waals surface area contributed by atoms with Crippen LogP contribution in [0.5, 0.6) is 0 Å². The molecular formula is C17H25N3O2S. The molecule has 1 fully saturated rings. The van der Waals surface area contributed by atoms with E-state index in [9.17, 15) is 9.59 Å². The van der Waals surface area contributed by atoms with Gasteiger partial charge in [0.2, 0.25) is 11.8 Å². The average Bonchev–Trinajstić information content (AvgIpc) is 3.16. The predicted molar refractivity (Wildman–Crippen MR) is 93.4 cm³/mol. The third-order valence-corrected chi connectivity index (χ3v) is 4.97. The van der Waals surface area contributed by atoms with E-state index in [4.69, 9.17) is 0 Å². The van der Waals surface area contributed by atoms with E-state index in [1.807, 2.05) is 6.92 Å². The normalized spacial score (nSPS) is 14.7. The lowest BCUT2D eigenvalue weighted by molar-refractivity contribution is -0.134. The fourth-order valence-corrected chi connectivity index (χ4v) is 3.62. The van der Waals surface area contributed by atoms with Gasteiger partial charge in [-0.05, 0) is 19.3 Å². The summed E-state index contributed by atoms with van der Waals surface area (Å²) in [5.74, 6) is 0.495. The van der Waals surface area contributed by atoms with Crippen molar-refractivity contribution in [2.75, 3.05) is 18.4 Å². The first-order valence-corrected chi connectivity index (χ1v) is 9.01. The molecule has 5 nitrogen and oxygen atoms in total. The Bertz CT molecular complexity index is 550. The molecule has 0 radical (unpaired) electrons. The molecule has 1 aliphatic carbocycles. The zero-order valence-electron chi connectivity index (χ0n) is 13.7. The number of hydrogen-bond donors (Lipinski definition) is 1. The van der Waals surface area contributed by atoms with E-state index in [1.165, 1.54) is 37.0 Å². The second-order valence-corrected chi connectivity index (χ2v) is 7.31. The molecule has 1 N–H and O–H groups in total. The molecule has 1 aromatic rings. The molecule has 23 heavy (non-hydrogen) atoms. The second-order valence-electron chi connectivity index (χ2n) is 6.08. The number of carbonyl (C=O) groups excluding carboxylic acids is 2. The van der Waals surface area contributed by atoms with Gasteiger partial charge in [-0.15, -0.1) is 17.9 Å². The number of aryl methyl sites for hydroxylation is 1. The van der Waals surface area contributed by atoms with Crippen LogP contribution in [0.2, 0.25) is 0 Å². The minimum atomic E-state index is -0.213. The van der Waals surface area contributed by atoms with Gasteiger partial charge in [0.05, 0.1) is 0 Å². The van der Waals surface area contributed by atoms with E-state index in [1.54, 1.807) is 17.2 Å². The Morgan fingerprint density at radius 3 is 2.83 bits per heavy atom. The summed E-state index contributed by atoms with van der Waals surface area (Å²) in [5.41, 5.74) is 0. The standard InChI is InChI=1S/C17H25N3O2S/c1-3-10-20(16(22)9-8-14-6-4-5-7-14)12-15(21)19-17-18-11-13(2)23-17/h3,11,14H,1,4-10,12H2,2H3,(H,18,19,21). The van der Waals surface area contributed by atoms with Gasteiger partial charge in [0.1, 0.15) is 6.54 Å². The third kappa shape index (κ3) is 5.78. The van der Waals surface area contributed by atoms with Crippen LogP contribution in [-0.4, -0.2) is 34.8 Å². The minimum absolute atomic E-state index is 0.0299. The molecule has 6 heteroatoms. The zero-order valence-corrected chi connectivity index (χ0v) is 14.5. The highest BCUT2D eigenvalue weighted by molar-refractivity contribution is 7.15. The van der Waals surface area contributed by atoms with Crippen LogP contribution in [0.4, 0.5) is 5.13 Å². The van der Waals surface area contributed by atoms with Gasteiger partial charge in [-0.2, -0.15) is 0 Å². The van der Waals surface area contributed by atoms with Gasteiger partial charge >= 0.3 is 0 Å². The number of anilines is 1. The van der Waals surface area contributed by atoms with Crippen LogP contribution in [0.1, 0.15) is 43.4 Å². The lowest BCUT2D eigenvalue weighted by Crippen LogP contribution is -2.38. The molecule has 0 aliphatic heterocycles. The Hall–Kier alpha value is -1.69. The van der Waals surface area contributed by atoms with E-state index in [-0.39, 0.29) is 18.4 Å². The third-order valence-electron chi connectivity index (χ3n) is 4.15. The first-order chi connectivity index (χ1) is 11.1. The Kier molecular flexibility index (Phi) is 6.77. The molecule has 0 bridgehead atoms. The van der Waals surface area contributed by atoms with Crippen LogP contribution in [0, 0.1) is 12.8 Å². The van der Waals surface area contributed by atoms with Gasteiger partial charge < -0.3 is 10.2 Å². The average molecular weight is 335 g/mol. The van der Waals surface area contributed by atoms with Crippen LogP contribution in [0.15, 0.2) is 18.9 Å².